The van der Waals surface area contributed by atoms with Gasteiger partial charge < -0.3 is 9.64 Å². The highest BCUT2D eigenvalue weighted by Crippen LogP contribution is 2.19. The quantitative estimate of drug-likeness (QED) is 0.611. The Morgan fingerprint density at radius 1 is 1.24 bits per heavy atom. The van der Waals surface area contributed by atoms with E-state index in [0.29, 0.717) is 19.4 Å². The molecule has 1 heterocycles. The number of rotatable bonds is 5. The van der Waals surface area contributed by atoms with Crippen molar-refractivity contribution in [2.24, 2.45) is 0 Å². The van der Waals surface area contributed by atoms with Crippen LogP contribution in [0.4, 0.5) is 0 Å². The minimum absolute atomic E-state index is 0.154. The van der Waals surface area contributed by atoms with E-state index in [-0.39, 0.29) is 13.0 Å². The Kier molecular flexibility index (Phi) is 5.09. The van der Waals surface area contributed by atoms with Gasteiger partial charge >= 0.3 is 5.97 Å². The third-order valence-corrected chi connectivity index (χ3v) is 3.57. The molecule has 1 aliphatic rings. The van der Waals surface area contributed by atoms with Gasteiger partial charge in [-0.15, -0.1) is 0 Å². The molecule has 0 aromatic heterocycles. The Labute approximate surface area is 123 Å². The van der Waals surface area contributed by atoms with Gasteiger partial charge in [-0.2, -0.15) is 0 Å². The van der Waals surface area contributed by atoms with Crippen LogP contribution in [0, 0.1) is 0 Å². The highest BCUT2D eigenvalue weighted by Gasteiger charge is 2.37. The number of hydrogen-bond acceptors (Lipinski definition) is 4. The van der Waals surface area contributed by atoms with Crippen molar-refractivity contribution in [3.8, 4) is 0 Å². The molecule has 0 spiro atoms. The van der Waals surface area contributed by atoms with Crippen LogP contribution >= 0.6 is 0 Å². The molecule has 1 aliphatic heterocycles. The molecule has 112 valence electrons. The fourth-order valence-electron chi connectivity index (χ4n) is 2.39. The second kappa shape index (κ2) is 7.02. The van der Waals surface area contributed by atoms with Crippen LogP contribution in [0.2, 0.25) is 0 Å². The first kappa shape index (κ1) is 15.2. The number of amides is 1. The molecule has 5 heteroatoms. The smallest absolute Gasteiger partial charge is 0.329 e. The fourth-order valence-corrected chi connectivity index (χ4v) is 2.39. The van der Waals surface area contributed by atoms with E-state index in [1.165, 1.54) is 4.90 Å². The minimum Gasteiger partial charge on any atom is -0.459 e. The molecule has 0 bridgehead atoms. The van der Waals surface area contributed by atoms with Gasteiger partial charge in [0, 0.05) is 13.0 Å². The SMILES string of the molecule is CCC(=O)C(=O)N1CCCC1C(=O)OCc1ccccc1. The van der Waals surface area contributed by atoms with Gasteiger partial charge in [0.2, 0.25) is 5.78 Å². The summed E-state index contributed by atoms with van der Waals surface area (Å²) in [7, 11) is 0. The number of ketones is 1. The lowest BCUT2D eigenvalue weighted by molar-refractivity contribution is -0.156. The van der Waals surface area contributed by atoms with Crippen LogP contribution in [0.5, 0.6) is 0 Å². The monoisotopic (exact) mass is 289 g/mol. The van der Waals surface area contributed by atoms with Crippen LogP contribution in [0.25, 0.3) is 0 Å². The lowest BCUT2D eigenvalue weighted by Crippen LogP contribution is -2.44. The maximum absolute atomic E-state index is 12.1. The summed E-state index contributed by atoms with van der Waals surface area (Å²) in [5.41, 5.74) is 0.895. The number of esters is 1. The van der Waals surface area contributed by atoms with Crippen molar-refractivity contribution in [1.29, 1.82) is 0 Å². The number of nitrogens with zero attached hydrogens (tertiary/aromatic N) is 1. The molecule has 0 aliphatic carbocycles. The highest BCUT2D eigenvalue weighted by molar-refractivity contribution is 6.36. The first-order chi connectivity index (χ1) is 10.1. The Balaban J connectivity index is 1.95. The average Bonchev–Trinajstić information content (AvgIpc) is 3.01. The van der Waals surface area contributed by atoms with E-state index in [2.05, 4.69) is 0 Å². The maximum atomic E-state index is 12.1. The van der Waals surface area contributed by atoms with Crippen molar-refractivity contribution in [3.05, 3.63) is 35.9 Å². The Morgan fingerprint density at radius 3 is 2.62 bits per heavy atom. The Bertz CT molecular complexity index is 526. The first-order valence-electron chi connectivity index (χ1n) is 7.18. The van der Waals surface area contributed by atoms with E-state index in [0.717, 1.165) is 5.56 Å². The number of carbonyl (C=O) groups excluding carboxylic acids is 3. The topological polar surface area (TPSA) is 63.7 Å². The van der Waals surface area contributed by atoms with Gasteiger partial charge in [-0.05, 0) is 18.4 Å². The van der Waals surface area contributed by atoms with E-state index in [1.54, 1.807) is 6.92 Å². The van der Waals surface area contributed by atoms with Crippen molar-refractivity contribution >= 4 is 17.7 Å². The standard InChI is InChI=1S/C16H19NO4/c1-2-14(18)15(19)17-10-6-9-13(17)16(20)21-11-12-7-4-3-5-8-12/h3-5,7-8,13H,2,6,9-11H2,1H3. The number of ether oxygens (including phenoxy) is 1. The van der Waals surface area contributed by atoms with Crippen molar-refractivity contribution in [2.75, 3.05) is 6.54 Å². The molecular weight excluding hydrogens is 270 g/mol. The molecule has 0 N–H and O–H groups in total. The van der Waals surface area contributed by atoms with E-state index in [4.69, 9.17) is 4.74 Å². The summed E-state index contributed by atoms with van der Waals surface area (Å²) in [5.74, 6) is -1.47. The van der Waals surface area contributed by atoms with Gasteiger partial charge in [0.15, 0.2) is 0 Å². The van der Waals surface area contributed by atoms with E-state index < -0.39 is 23.7 Å². The van der Waals surface area contributed by atoms with Gasteiger partial charge in [0.25, 0.3) is 5.91 Å². The molecule has 0 radical (unpaired) electrons. The Morgan fingerprint density at radius 2 is 1.95 bits per heavy atom. The molecule has 1 aromatic carbocycles. The summed E-state index contributed by atoms with van der Waals surface area (Å²) < 4.78 is 5.26. The average molecular weight is 289 g/mol. The first-order valence-corrected chi connectivity index (χ1v) is 7.18. The predicted molar refractivity (Wildman–Crippen MR) is 76.3 cm³/mol. The van der Waals surface area contributed by atoms with E-state index in [9.17, 15) is 14.4 Å². The second-order valence-electron chi connectivity index (χ2n) is 5.03. The summed E-state index contributed by atoms with van der Waals surface area (Å²) in [6, 6.07) is 8.73. The lowest BCUT2D eigenvalue weighted by Gasteiger charge is -2.22. The maximum Gasteiger partial charge on any atom is 0.329 e. The van der Waals surface area contributed by atoms with Crippen LogP contribution < -0.4 is 0 Å². The predicted octanol–water partition coefficient (Wildman–Crippen LogP) is 1.70. The van der Waals surface area contributed by atoms with Crippen LogP contribution in [0.1, 0.15) is 31.7 Å². The molecule has 1 aromatic rings. The number of benzene rings is 1. The number of hydrogen-bond donors (Lipinski definition) is 0. The van der Waals surface area contributed by atoms with Crippen molar-refractivity contribution in [3.63, 3.8) is 0 Å². The third kappa shape index (κ3) is 3.68. The summed E-state index contributed by atoms with van der Waals surface area (Å²) in [4.78, 5) is 36.9. The molecule has 1 fully saturated rings. The van der Waals surface area contributed by atoms with Crippen LogP contribution in [0.3, 0.4) is 0 Å². The normalized spacial score (nSPS) is 17.6. The van der Waals surface area contributed by atoms with E-state index in [1.807, 2.05) is 30.3 Å². The van der Waals surface area contributed by atoms with E-state index >= 15 is 0 Å². The summed E-state index contributed by atoms with van der Waals surface area (Å²) in [6.07, 6.45) is 1.42. The zero-order valence-corrected chi connectivity index (χ0v) is 12.1. The number of carbonyl (C=O) groups is 3. The minimum atomic E-state index is -0.628. The van der Waals surface area contributed by atoms with Gasteiger partial charge in [-0.25, -0.2) is 4.79 Å². The van der Waals surface area contributed by atoms with Crippen molar-refractivity contribution in [1.82, 2.24) is 4.90 Å². The van der Waals surface area contributed by atoms with Crippen LogP contribution in [-0.4, -0.2) is 35.1 Å². The number of Topliss-reactive ketones (excluding diaryl/α,β-unsaturated/α-hetero) is 1. The highest BCUT2D eigenvalue weighted by atomic mass is 16.5. The summed E-state index contributed by atoms with van der Waals surface area (Å²) in [6.45, 7) is 2.26. The van der Waals surface area contributed by atoms with Crippen LogP contribution in [-0.2, 0) is 25.7 Å². The Hall–Kier alpha value is -2.17. The van der Waals surface area contributed by atoms with Crippen LogP contribution in [0.15, 0.2) is 30.3 Å². The lowest BCUT2D eigenvalue weighted by atomic mass is 10.2. The summed E-state index contributed by atoms with van der Waals surface area (Å²) in [5, 5.41) is 0. The zero-order chi connectivity index (χ0) is 15.2. The van der Waals surface area contributed by atoms with Gasteiger partial charge in [0.05, 0.1) is 0 Å². The van der Waals surface area contributed by atoms with Gasteiger partial charge in [-0.1, -0.05) is 37.3 Å². The molecule has 1 saturated heterocycles. The zero-order valence-electron chi connectivity index (χ0n) is 12.1. The number of likely N-dealkylation sites (tertiary alicyclic amines) is 1. The van der Waals surface area contributed by atoms with Gasteiger partial charge in [-0.3, -0.25) is 9.59 Å². The molecule has 1 amide bonds. The molecule has 5 nitrogen and oxygen atoms in total. The fraction of sp³-hybridized carbons (Fsp3) is 0.438. The molecular formula is C16H19NO4. The molecule has 21 heavy (non-hydrogen) atoms. The van der Waals surface area contributed by atoms with Crippen molar-refractivity contribution in [2.45, 2.75) is 38.8 Å². The summed E-state index contributed by atoms with van der Waals surface area (Å²) >= 11 is 0. The molecule has 1 atom stereocenters. The molecule has 2 rings (SSSR count). The largest absolute Gasteiger partial charge is 0.459 e. The van der Waals surface area contributed by atoms with Gasteiger partial charge in [0.1, 0.15) is 12.6 Å². The molecule has 0 saturated carbocycles. The molecule has 1 unspecified atom stereocenters. The van der Waals surface area contributed by atoms with Crippen molar-refractivity contribution < 1.29 is 19.1 Å². The third-order valence-electron chi connectivity index (χ3n) is 3.57. The second-order valence-corrected chi connectivity index (χ2v) is 5.03.